The normalized spacial score (nSPS) is 10.7. The Morgan fingerprint density at radius 2 is 1.85 bits per heavy atom. The van der Waals surface area contributed by atoms with E-state index in [0.29, 0.717) is 22.4 Å². The zero-order valence-electron chi connectivity index (χ0n) is 10.5. The van der Waals surface area contributed by atoms with Crippen molar-refractivity contribution in [2.45, 2.75) is 6.61 Å². The summed E-state index contributed by atoms with van der Waals surface area (Å²) in [7, 11) is 0. The van der Waals surface area contributed by atoms with Gasteiger partial charge in [-0.05, 0) is 39.7 Å². The molecule has 3 nitrogen and oxygen atoms in total. The summed E-state index contributed by atoms with van der Waals surface area (Å²) >= 11 is 3.18. The van der Waals surface area contributed by atoms with E-state index >= 15 is 0 Å². The molecule has 20 heavy (non-hydrogen) atoms. The predicted octanol–water partition coefficient (Wildman–Crippen LogP) is 4.13. The zero-order chi connectivity index (χ0) is 13.9. The summed E-state index contributed by atoms with van der Waals surface area (Å²) in [4.78, 5) is 11.5. The van der Waals surface area contributed by atoms with Crippen molar-refractivity contribution < 1.29 is 9.15 Å². The lowest BCUT2D eigenvalue weighted by Crippen LogP contribution is -2.00. The van der Waals surface area contributed by atoms with Crippen LogP contribution in [0.4, 0.5) is 0 Å². The number of halogens is 1. The van der Waals surface area contributed by atoms with E-state index in [0.717, 1.165) is 10.9 Å². The van der Waals surface area contributed by atoms with E-state index in [1.54, 1.807) is 18.2 Å². The SMILES string of the molecule is O=c1oc2cccc(OCc3ccccc3)c2cc1Br. The van der Waals surface area contributed by atoms with E-state index in [-0.39, 0.29) is 0 Å². The van der Waals surface area contributed by atoms with Crippen LogP contribution in [0.5, 0.6) is 5.75 Å². The van der Waals surface area contributed by atoms with Crippen molar-refractivity contribution in [1.82, 2.24) is 0 Å². The fourth-order valence-corrected chi connectivity index (χ4v) is 2.26. The van der Waals surface area contributed by atoms with Gasteiger partial charge >= 0.3 is 5.63 Å². The molecule has 100 valence electrons. The van der Waals surface area contributed by atoms with E-state index in [4.69, 9.17) is 9.15 Å². The Morgan fingerprint density at radius 1 is 1.05 bits per heavy atom. The number of hydrogen-bond donors (Lipinski definition) is 0. The summed E-state index contributed by atoms with van der Waals surface area (Å²) in [5.41, 5.74) is 1.21. The Morgan fingerprint density at radius 3 is 2.65 bits per heavy atom. The van der Waals surface area contributed by atoms with Crippen LogP contribution < -0.4 is 10.4 Å². The minimum atomic E-state index is -0.391. The third kappa shape index (κ3) is 2.60. The summed E-state index contributed by atoms with van der Waals surface area (Å²) in [5.74, 6) is 0.691. The van der Waals surface area contributed by atoms with Gasteiger partial charge in [-0.3, -0.25) is 0 Å². The number of hydrogen-bond acceptors (Lipinski definition) is 3. The highest BCUT2D eigenvalue weighted by molar-refractivity contribution is 9.10. The first-order valence-electron chi connectivity index (χ1n) is 6.13. The highest BCUT2D eigenvalue weighted by Gasteiger charge is 2.07. The molecule has 0 spiro atoms. The van der Waals surface area contributed by atoms with Gasteiger partial charge in [0.15, 0.2) is 0 Å². The molecule has 0 fully saturated rings. The van der Waals surface area contributed by atoms with Gasteiger partial charge in [0, 0.05) is 0 Å². The molecule has 0 aliphatic carbocycles. The first kappa shape index (κ1) is 12.9. The highest BCUT2D eigenvalue weighted by atomic mass is 79.9. The average molecular weight is 331 g/mol. The smallest absolute Gasteiger partial charge is 0.350 e. The van der Waals surface area contributed by atoms with Crippen molar-refractivity contribution in [3.8, 4) is 5.75 Å². The molecule has 0 N–H and O–H groups in total. The van der Waals surface area contributed by atoms with E-state index in [2.05, 4.69) is 15.9 Å². The number of benzene rings is 2. The van der Waals surface area contributed by atoms with Crippen LogP contribution in [0.2, 0.25) is 0 Å². The molecule has 0 unspecified atom stereocenters. The monoisotopic (exact) mass is 330 g/mol. The Labute approximate surface area is 123 Å². The lowest BCUT2D eigenvalue weighted by Gasteiger charge is -2.08. The third-order valence-corrected chi connectivity index (χ3v) is 3.48. The molecule has 3 rings (SSSR count). The minimum Gasteiger partial charge on any atom is -0.488 e. The van der Waals surface area contributed by atoms with Crippen molar-refractivity contribution in [2.24, 2.45) is 0 Å². The summed E-state index contributed by atoms with van der Waals surface area (Å²) in [6, 6.07) is 17.0. The molecule has 0 amide bonds. The van der Waals surface area contributed by atoms with Crippen molar-refractivity contribution in [2.75, 3.05) is 0 Å². The van der Waals surface area contributed by atoms with Gasteiger partial charge in [-0.1, -0.05) is 36.4 Å². The fourth-order valence-electron chi connectivity index (χ4n) is 1.95. The topological polar surface area (TPSA) is 39.4 Å². The number of ether oxygens (including phenoxy) is 1. The van der Waals surface area contributed by atoms with Crippen LogP contribution in [0.15, 0.2) is 68.3 Å². The molecule has 3 aromatic rings. The third-order valence-electron chi connectivity index (χ3n) is 2.93. The van der Waals surface area contributed by atoms with Crippen LogP contribution in [0.3, 0.4) is 0 Å². The van der Waals surface area contributed by atoms with Crippen LogP contribution in [-0.4, -0.2) is 0 Å². The second-order valence-corrected chi connectivity index (χ2v) is 5.18. The first-order chi connectivity index (χ1) is 9.74. The zero-order valence-corrected chi connectivity index (χ0v) is 12.1. The lowest BCUT2D eigenvalue weighted by molar-refractivity contribution is 0.309. The van der Waals surface area contributed by atoms with E-state index in [9.17, 15) is 4.79 Å². The molecule has 4 heteroatoms. The van der Waals surface area contributed by atoms with Gasteiger partial charge in [0.1, 0.15) is 22.4 Å². The van der Waals surface area contributed by atoms with Crippen LogP contribution in [0.25, 0.3) is 11.0 Å². The standard InChI is InChI=1S/C16H11BrO3/c17-13-9-12-14(7-4-8-15(12)20-16(13)18)19-10-11-5-2-1-3-6-11/h1-9H,10H2. The summed E-state index contributed by atoms with van der Waals surface area (Å²) in [6.45, 7) is 0.469. The summed E-state index contributed by atoms with van der Waals surface area (Å²) in [6.07, 6.45) is 0. The fraction of sp³-hybridized carbons (Fsp3) is 0.0625. The van der Waals surface area contributed by atoms with Gasteiger partial charge < -0.3 is 9.15 Å². The molecule has 0 saturated heterocycles. The van der Waals surface area contributed by atoms with Crippen LogP contribution in [0.1, 0.15) is 5.56 Å². The molecule has 2 aromatic carbocycles. The molecule has 1 heterocycles. The Hall–Kier alpha value is -2.07. The number of rotatable bonds is 3. The predicted molar refractivity (Wildman–Crippen MR) is 81.0 cm³/mol. The maximum absolute atomic E-state index is 11.5. The van der Waals surface area contributed by atoms with Gasteiger partial charge in [0.2, 0.25) is 0 Å². The Balaban J connectivity index is 1.95. The average Bonchev–Trinajstić information content (AvgIpc) is 2.47. The van der Waals surface area contributed by atoms with Crippen molar-refractivity contribution in [3.05, 3.63) is 75.1 Å². The molecule has 0 bridgehead atoms. The number of fused-ring (bicyclic) bond motifs is 1. The van der Waals surface area contributed by atoms with Crippen LogP contribution >= 0.6 is 15.9 Å². The highest BCUT2D eigenvalue weighted by Crippen LogP contribution is 2.27. The van der Waals surface area contributed by atoms with Gasteiger partial charge in [0.05, 0.1) is 5.39 Å². The van der Waals surface area contributed by atoms with Gasteiger partial charge in [0.25, 0.3) is 0 Å². The maximum atomic E-state index is 11.5. The van der Waals surface area contributed by atoms with Gasteiger partial charge in [-0.15, -0.1) is 0 Å². The van der Waals surface area contributed by atoms with Crippen LogP contribution in [0, 0.1) is 0 Å². The van der Waals surface area contributed by atoms with Crippen molar-refractivity contribution >= 4 is 26.9 Å². The van der Waals surface area contributed by atoms with Gasteiger partial charge in [-0.25, -0.2) is 4.79 Å². The minimum absolute atomic E-state index is 0.390. The van der Waals surface area contributed by atoms with Gasteiger partial charge in [-0.2, -0.15) is 0 Å². The maximum Gasteiger partial charge on any atom is 0.350 e. The molecular weight excluding hydrogens is 320 g/mol. The molecule has 0 aliphatic heterocycles. The molecule has 0 atom stereocenters. The largest absolute Gasteiger partial charge is 0.488 e. The molecule has 0 saturated carbocycles. The first-order valence-corrected chi connectivity index (χ1v) is 6.92. The molecule has 0 radical (unpaired) electrons. The van der Waals surface area contributed by atoms with E-state index in [1.165, 1.54) is 0 Å². The van der Waals surface area contributed by atoms with E-state index in [1.807, 2.05) is 36.4 Å². The Kier molecular flexibility index (Phi) is 3.56. The van der Waals surface area contributed by atoms with E-state index < -0.39 is 5.63 Å². The lowest BCUT2D eigenvalue weighted by atomic mass is 10.2. The molecule has 1 aromatic heterocycles. The Bertz CT molecular complexity index is 794. The van der Waals surface area contributed by atoms with Crippen molar-refractivity contribution in [3.63, 3.8) is 0 Å². The second-order valence-electron chi connectivity index (χ2n) is 4.32. The summed E-state index contributed by atoms with van der Waals surface area (Å²) in [5, 5.41) is 0.773. The molecular formula is C16H11BrO3. The van der Waals surface area contributed by atoms with Crippen LogP contribution in [-0.2, 0) is 6.61 Å². The quantitative estimate of drug-likeness (QED) is 0.677. The molecule has 0 aliphatic rings. The summed E-state index contributed by atoms with van der Waals surface area (Å²) < 4.78 is 11.4. The second kappa shape index (κ2) is 5.51. The van der Waals surface area contributed by atoms with Crippen molar-refractivity contribution in [1.29, 1.82) is 0 Å².